The van der Waals surface area contributed by atoms with Crippen LogP contribution in [0.15, 0.2) is 18.2 Å². The van der Waals surface area contributed by atoms with Crippen molar-refractivity contribution < 1.29 is 32.4 Å². The Balaban J connectivity index is 2.27. The van der Waals surface area contributed by atoms with Crippen molar-refractivity contribution >= 4 is 18.7 Å². The molecule has 1 saturated heterocycles. The Kier molecular flexibility index (Phi) is 6.54. The Hall–Kier alpha value is -1.87. The molecule has 0 bridgehead atoms. The molecule has 1 atom stereocenters. The largest absolute Gasteiger partial charge is 0.494 e. The molecule has 0 aliphatic carbocycles. The van der Waals surface area contributed by atoms with Crippen LogP contribution in [0.3, 0.4) is 0 Å². The molecule has 1 aliphatic heterocycles. The van der Waals surface area contributed by atoms with Gasteiger partial charge < -0.3 is 24.1 Å². The fourth-order valence-electron chi connectivity index (χ4n) is 2.79. The molecule has 1 N–H and O–H groups in total. The van der Waals surface area contributed by atoms with E-state index in [1.807, 2.05) is 27.7 Å². The van der Waals surface area contributed by atoms with Crippen LogP contribution in [-0.4, -0.2) is 36.6 Å². The fraction of sp³-hybridized carbons (Fsp3) is 0.650. The molecule has 9 heteroatoms. The number of hydrogen-bond donors (Lipinski definition) is 1. The van der Waals surface area contributed by atoms with Crippen LogP contribution in [-0.2, 0) is 14.0 Å². The second-order valence-electron chi connectivity index (χ2n) is 9.13. The first-order valence-corrected chi connectivity index (χ1v) is 9.55. The summed E-state index contributed by atoms with van der Waals surface area (Å²) in [5.74, 6) is -0.0595. The number of carbonyl (C=O) groups is 1. The Bertz CT molecular complexity index is 733. The molecule has 1 aliphatic rings. The lowest BCUT2D eigenvalue weighted by Crippen LogP contribution is -2.41. The van der Waals surface area contributed by atoms with Crippen molar-refractivity contribution in [3.8, 4) is 5.75 Å². The predicted molar refractivity (Wildman–Crippen MR) is 107 cm³/mol. The van der Waals surface area contributed by atoms with Crippen molar-refractivity contribution in [3.05, 3.63) is 23.8 Å². The molecule has 0 spiro atoms. The van der Waals surface area contributed by atoms with Gasteiger partial charge in [-0.05, 0) is 66.9 Å². The number of ether oxygens (including phenoxy) is 2. The lowest BCUT2D eigenvalue weighted by molar-refractivity contribution is -0.0506. The van der Waals surface area contributed by atoms with Gasteiger partial charge in [-0.3, -0.25) is 0 Å². The third-order valence-corrected chi connectivity index (χ3v) is 4.98. The summed E-state index contributed by atoms with van der Waals surface area (Å²) in [6.07, 6.45) is -0.650. The average molecular weight is 413 g/mol. The fourth-order valence-corrected chi connectivity index (χ4v) is 2.79. The van der Waals surface area contributed by atoms with E-state index in [-0.39, 0.29) is 5.75 Å². The Morgan fingerprint density at radius 2 is 1.69 bits per heavy atom. The summed E-state index contributed by atoms with van der Waals surface area (Å²) < 4.78 is 47.9. The van der Waals surface area contributed by atoms with E-state index in [1.54, 1.807) is 39.8 Å². The first-order chi connectivity index (χ1) is 13.1. The first kappa shape index (κ1) is 23.4. The average Bonchev–Trinajstić information content (AvgIpc) is 2.72. The molecule has 0 radical (unpaired) electrons. The van der Waals surface area contributed by atoms with Crippen molar-refractivity contribution in [2.24, 2.45) is 0 Å². The van der Waals surface area contributed by atoms with E-state index in [1.165, 1.54) is 6.07 Å². The van der Waals surface area contributed by atoms with Crippen LogP contribution in [0, 0.1) is 0 Å². The van der Waals surface area contributed by atoms with Gasteiger partial charge in [0.15, 0.2) is 0 Å². The summed E-state index contributed by atoms with van der Waals surface area (Å²) in [7, 11) is -0.719. The summed E-state index contributed by atoms with van der Waals surface area (Å²) >= 11 is 0. The van der Waals surface area contributed by atoms with Gasteiger partial charge in [0.2, 0.25) is 0 Å². The summed E-state index contributed by atoms with van der Waals surface area (Å²) in [5, 5.41) is 2.63. The number of hydrogen-bond acceptors (Lipinski definition) is 5. The highest BCUT2D eigenvalue weighted by atomic mass is 19.3. The van der Waals surface area contributed by atoms with Crippen LogP contribution in [0.4, 0.5) is 13.6 Å². The van der Waals surface area contributed by atoms with E-state index >= 15 is 0 Å². The maximum Gasteiger partial charge on any atom is 0.494 e. The molecular formula is C20H30BF2NO5. The van der Waals surface area contributed by atoms with Crippen molar-refractivity contribution in [2.45, 2.75) is 84.8 Å². The zero-order chi connectivity index (χ0) is 22.2. The van der Waals surface area contributed by atoms with Crippen molar-refractivity contribution in [2.75, 3.05) is 0 Å². The smallest absolute Gasteiger partial charge is 0.444 e. The second kappa shape index (κ2) is 8.10. The zero-order valence-corrected chi connectivity index (χ0v) is 18.3. The van der Waals surface area contributed by atoms with Crippen LogP contribution >= 0.6 is 0 Å². The molecule has 1 amide bonds. The number of amides is 1. The molecule has 6 nitrogen and oxygen atoms in total. The minimum Gasteiger partial charge on any atom is -0.444 e. The number of alkyl carbamates (subject to hydrolysis) is 1. The van der Waals surface area contributed by atoms with Crippen molar-refractivity contribution in [1.29, 1.82) is 0 Å². The lowest BCUT2D eigenvalue weighted by atomic mass is 9.78. The van der Waals surface area contributed by atoms with Crippen LogP contribution in [0.5, 0.6) is 5.75 Å². The first-order valence-electron chi connectivity index (χ1n) is 9.55. The van der Waals surface area contributed by atoms with E-state index < -0.39 is 42.7 Å². The molecule has 1 aromatic rings. The van der Waals surface area contributed by atoms with Crippen molar-refractivity contribution in [3.63, 3.8) is 0 Å². The number of benzene rings is 1. The Labute approximate surface area is 171 Å². The maximum absolute atomic E-state index is 13.0. The summed E-state index contributed by atoms with van der Waals surface area (Å²) in [5.41, 5.74) is -0.867. The van der Waals surface area contributed by atoms with Gasteiger partial charge >= 0.3 is 19.8 Å². The third-order valence-electron chi connectivity index (χ3n) is 4.98. The van der Waals surface area contributed by atoms with E-state index in [4.69, 9.17) is 18.8 Å². The van der Waals surface area contributed by atoms with E-state index in [0.717, 1.165) is 0 Å². The molecular weight excluding hydrogens is 383 g/mol. The monoisotopic (exact) mass is 413 g/mol. The number of alkyl halides is 2. The van der Waals surface area contributed by atoms with Gasteiger partial charge in [-0.25, -0.2) is 4.79 Å². The standard InChI is InChI=1S/C20H30BF2NO5/c1-12(24-17(25)27-18(2,3)4)14-10-9-13(11-15(14)26-16(22)23)21-28-19(5,6)20(7,8)29-21/h9-12,16H,1-8H3,(H,24,25)/t12-/m0/s1. The minimum atomic E-state index is -3.02. The molecule has 162 valence electrons. The predicted octanol–water partition coefficient (Wildman–Crippen LogP) is 4.17. The number of halogens is 2. The molecule has 0 unspecified atom stereocenters. The molecule has 1 heterocycles. The minimum absolute atomic E-state index is 0.0595. The van der Waals surface area contributed by atoms with Crippen LogP contribution < -0.4 is 15.5 Å². The number of nitrogens with one attached hydrogen (secondary N) is 1. The van der Waals surface area contributed by atoms with Gasteiger partial charge in [0.1, 0.15) is 11.4 Å². The highest BCUT2D eigenvalue weighted by Gasteiger charge is 2.51. The summed E-state index contributed by atoms with van der Waals surface area (Å²) in [6.45, 7) is 11.5. The van der Waals surface area contributed by atoms with Crippen LogP contribution in [0.2, 0.25) is 0 Å². The normalized spacial score (nSPS) is 19.2. The van der Waals surface area contributed by atoms with Gasteiger partial charge in [-0.2, -0.15) is 8.78 Å². The Morgan fingerprint density at radius 3 is 2.17 bits per heavy atom. The van der Waals surface area contributed by atoms with Gasteiger partial charge in [0, 0.05) is 5.56 Å². The van der Waals surface area contributed by atoms with Gasteiger partial charge in [0.25, 0.3) is 0 Å². The molecule has 29 heavy (non-hydrogen) atoms. The van der Waals surface area contributed by atoms with Crippen LogP contribution in [0.25, 0.3) is 0 Å². The van der Waals surface area contributed by atoms with E-state index in [0.29, 0.717) is 11.0 Å². The van der Waals surface area contributed by atoms with Crippen molar-refractivity contribution in [1.82, 2.24) is 5.32 Å². The SMILES string of the molecule is C[C@H](NC(=O)OC(C)(C)C)c1ccc(B2OC(C)(C)C(C)(C)O2)cc1OC(F)F. The third kappa shape index (κ3) is 5.82. The summed E-state index contributed by atoms with van der Waals surface area (Å²) in [4.78, 5) is 12.0. The van der Waals surface area contributed by atoms with E-state index in [2.05, 4.69) is 5.32 Å². The number of carbonyl (C=O) groups excluding carboxylic acids is 1. The topological polar surface area (TPSA) is 66.0 Å². The zero-order valence-electron chi connectivity index (χ0n) is 18.3. The molecule has 0 saturated carbocycles. The molecule has 2 rings (SSSR count). The van der Waals surface area contributed by atoms with Gasteiger partial charge in [-0.1, -0.05) is 12.1 Å². The quantitative estimate of drug-likeness (QED) is 0.734. The van der Waals surface area contributed by atoms with E-state index in [9.17, 15) is 13.6 Å². The Morgan fingerprint density at radius 1 is 1.14 bits per heavy atom. The highest BCUT2D eigenvalue weighted by Crippen LogP contribution is 2.37. The molecule has 1 aromatic carbocycles. The molecule has 0 aromatic heterocycles. The van der Waals surface area contributed by atoms with Gasteiger partial charge in [0.05, 0.1) is 17.2 Å². The maximum atomic E-state index is 13.0. The second-order valence-corrected chi connectivity index (χ2v) is 9.13. The lowest BCUT2D eigenvalue weighted by Gasteiger charge is -2.32. The van der Waals surface area contributed by atoms with Crippen LogP contribution in [0.1, 0.15) is 67.0 Å². The van der Waals surface area contributed by atoms with Gasteiger partial charge in [-0.15, -0.1) is 0 Å². The molecule has 1 fully saturated rings. The highest BCUT2D eigenvalue weighted by molar-refractivity contribution is 6.62. The summed E-state index contributed by atoms with van der Waals surface area (Å²) in [6, 6.07) is 4.16. The number of rotatable bonds is 5.